The molecule has 4 nitrogen and oxygen atoms in total. The second-order valence-corrected chi connectivity index (χ2v) is 6.62. The second kappa shape index (κ2) is 6.47. The molecule has 1 unspecified atom stereocenters. The van der Waals surface area contributed by atoms with E-state index < -0.39 is 5.60 Å². The molecular formula is C18H29NO3. The molecule has 0 heterocycles. The van der Waals surface area contributed by atoms with Crippen LogP contribution in [0.4, 0.5) is 0 Å². The van der Waals surface area contributed by atoms with Crippen LogP contribution in [0.3, 0.4) is 0 Å². The van der Waals surface area contributed by atoms with Crippen molar-refractivity contribution in [1.29, 1.82) is 0 Å². The first-order valence-electron chi connectivity index (χ1n) is 8.04. The summed E-state index contributed by atoms with van der Waals surface area (Å²) in [4.78, 5) is 0. The van der Waals surface area contributed by atoms with Gasteiger partial charge in [0.25, 0.3) is 0 Å². The van der Waals surface area contributed by atoms with Crippen LogP contribution in [0, 0.1) is 0 Å². The van der Waals surface area contributed by atoms with Crippen LogP contribution in [0.15, 0.2) is 18.2 Å². The number of benzene rings is 1. The molecule has 0 aromatic heterocycles. The molecule has 0 saturated heterocycles. The lowest BCUT2D eigenvalue weighted by atomic mass is 9.61. The highest BCUT2D eigenvalue weighted by Gasteiger charge is 2.46. The van der Waals surface area contributed by atoms with Crippen molar-refractivity contribution < 1.29 is 14.6 Å². The van der Waals surface area contributed by atoms with E-state index in [2.05, 4.69) is 24.4 Å². The van der Waals surface area contributed by atoms with Crippen molar-refractivity contribution in [2.24, 2.45) is 0 Å². The van der Waals surface area contributed by atoms with Gasteiger partial charge in [0.2, 0.25) is 0 Å². The molecule has 1 aromatic rings. The standard InChI is InChI=1S/C18H29NO3/c1-6-18(10-9-17(2,20)12-16(18)19-3)13-7-8-14(21-4)15(11-13)22-5/h7-8,11,16,19-20H,6,9-10,12H2,1-5H3/t16-,17?,18+/m0/s1. The highest BCUT2D eigenvalue weighted by molar-refractivity contribution is 5.46. The quantitative estimate of drug-likeness (QED) is 0.878. The lowest BCUT2D eigenvalue weighted by Gasteiger charge is -2.49. The van der Waals surface area contributed by atoms with Gasteiger partial charge < -0.3 is 19.9 Å². The number of hydrogen-bond donors (Lipinski definition) is 2. The SMILES string of the molecule is CC[C@]1(c2ccc(OC)c(OC)c2)CCC(C)(O)C[C@@H]1NC. The van der Waals surface area contributed by atoms with Gasteiger partial charge in [-0.05, 0) is 57.4 Å². The van der Waals surface area contributed by atoms with Crippen molar-refractivity contribution in [3.8, 4) is 11.5 Å². The van der Waals surface area contributed by atoms with Crippen LogP contribution in [0.2, 0.25) is 0 Å². The predicted molar refractivity (Wildman–Crippen MR) is 88.8 cm³/mol. The molecular weight excluding hydrogens is 278 g/mol. The number of rotatable bonds is 5. The summed E-state index contributed by atoms with van der Waals surface area (Å²) < 4.78 is 10.8. The van der Waals surface area contributed by atoms with Crippen molar-refractivity contribution in [2.75, 3.05) is 21.3 Å². The zero-order chi connectivity index (χ0) is 16.4. The molecule has 2 rings (SSSR count). The number of likely N-dealkylation sites (N-methyl/N-ethyl adjacent to an activating group) is 1. The first kappa shape index (κ1) is 17.1. The molecule has 0 spiro atoms. The van der Waals surface area contributed by atoms with Crippen LogP contribution < -0.4 is 14.8 Å². The summed E-state index contributed by atoms with van der Waals surface area (Å²) in [5.41, 5.74) is 0.668. The van der Waals surface area contributed by atoms with Crippen molar-refractivity contribution in [1.82, 2.24) is 5.32 Å². The smallest absolute Gasteiger partial charge is 0.161 e. The Kier molecular flexibility index (Phi) is 5.03. The number of hydrogen-bond acceptors (Lipinski definition) is 4. The van der Waals surface area contributed by atoms with Gasteiger partial charge in [0.05, 0.1) is 19.8 Å². The van der Waals surface area contributed by atoms with Crippen LogP contribution >= 0.6 is 0 Å². The second-order valence-electron chi connectivity index (χ2n) is 6.62. The lowest BCUT2D eigenvalue weighted by molar-refractivity contribution is -0.0173. The Labute approximate surface area is 133 Å². The van der Waals surface area contributed by atoms with Crippen LogP contribution in [0.5, 0.6) is 11.5 Å². The third kappa shape index (κ3) is 2.95. The highest BCUT2D eigenvalue weighted by atomic mass is 16.5. The van der Waals surface area contributed by atoms with E-state index in [-0.39, 0.29) is 11.5 Å². The van der Waals surface area contributed by atoms with Gasteiger partial charge in [0.1, 0.15) is 0 Å². The van der Waals surface area contributed by atoms with Gasteiger partial charge in [-0.15, -0.1) is 0 Å². The Hall–Kier alpha value is -1.26. The number of methoxy groups -OCH3 is 2. The van der Waals surface area contributed by atoms with Gasteiger partial charge in [-0.2, -0.15) is 0 Å². The Morgan fingerprint density at radius 2 is 1.91 bits per heavy atom. The fourth-order valence-electron chi connectivity index (χ4n) is 3.90. The van der Waals surface area contributed by atoms with Crippen molar-refractivity contribution in [2.45, 2.75) is 56.6 Å². The fraction of sp³-hybridized carbons (Fsp3) is 0.667. The summed E-state index contributed by atoms with van der Waals surface area (Å²) in [6.07, 6.45) is 3.54. The van der Waals surface area contributed by atoms with E-state index in [1.54, 1.807) is 14.2 Å². The molecule has 0 aliphatic heterocycles. The summed E-state index contributed by atoms with van der Waals surface area (Å²) in [7, 11) is 5.31. The molecule has 0 bridgehead atoms. The molecule has 124 valence electrons. The molecule has 2 N–H and O–H groups in total. The first-order valence-corrected chi connectivity index (χ1v) is 8.04. The summed E-state index contributed by atoms with van der Waals surface area (Å²) in [5, 5.41) is 13.9. The minimum absolute atomic E-state index is 0.0105. The third-order valence-electron chi connectivity index (χ3n) is 5.36. The summed E-state index contributed by atoms with van der Waals surface area (Å²) in [5.74, 6) is 1.52. The molecule has 1 aliphatic carbocycles. The lowest BCUT2D eigenvalue weighted by Crippen LogP contribution is -2.55. The molecule has 4 heteroatoms. The van der Waals surface area contributed by atoms with Gasteiger partial charge in [-0.1, -0.05) is 13.0 Å². The summed E-state index contributed by atoms with van der Waals surface area (Å²) in [6, 6.07) is 6.44. The van der Waals surface area contributed by atoms with E-state index >= 15 is 0 Å². The van der Waals surface area contributed by atoms with Gasteiger partial charge >= 0.3 is 0 Å². The average Bonchev–Trinajstić information content (AvgIpc) is 2.53. The van der Waals surface area contributed by atoms with Gasteiger partial charge in [-0.25, -0.2) is 0 Å². The fourth-order valence-corrected chi connectivity index (χ4v) is 3.90. The van der Waals surface area contributed by atoms with Crippen LogP contribution in [-0.4, -0.2) is 38.0 Å². The van der Waals surface area contributed by atoms with Crippen LogP contribution in [0.1, 0.15) is 45.1 Å². The van der Waals surface area contributed by atoms with Crippen molar-refractivity contribution >= 4 is 0 Å². The topological polar surface area (TPSA) is 50.7 Å². The van der Waals surface area contributed by atoms with Crippen LogP contribution in [0.25, 0.3) is 0 Å². The molecule has 3 atom stereocenters. The molecule has 0 radical (unpaired) electrons. The van der Waals surface area contributed by atoms with E-state index in [1.165, 1.54) is 5.56 Å². The van der Waals surface area contributed by atoms with Gasteiger partial charge in [0.15, 0.2) is 11.5 Å². The van der Waals surface area contributed by atoms with Crippen LogP contribution in [-0.2, 0) is 5.41 Å². The zero-order valence-electron chi connectivity index (χ0n) is 14.4. The summed E-state index contributed by atoms with van der Waals surface area (Å²) in [6.45, 7) is 4.16. The highest BCUT2D eigenvalue weighted by Crippen LogP contribution is 2.47. The van der Waals surface area contributed by atoms with E-state index in [0.29, 0.717) is 0 Å². The van der Waals surface area contributed by atoms with Gasteiger partial charge in [0, 0.05) is 11.5 Å². The Morgan fingerprint density at radius 1 is 1.23 bits per heavy atom. The van der Waals surface area contributed by atoms with E-state index in [0.717, 1.165) is 37.2 Å². The van der Waals surface area contributed by atoms with Crippen molar-refractivity contribution in [3.63, 3.8) is 0 Å². The molecule has 0 amide bonds. The molecule has 1 aliphatic rings. The van der Waals surface area contributed by atoms with Gasteiger partial charge in [-0.3, -0.25) is 0 Å². The summed E-state index contributed by atoms with van der Waals surface area (Å²) >= 11 is 0. The molecule has 1 aromatic carbocycles. The number of nitrogens with one attached hydrogen (secondary N) is 1. The molecule has 1 fully saturated rings. The molecule has 1 saturated carbocycles. The zero-order valence-corrected chi connectivity index (χ0v) is 14.4. The Morgan fingerprint density at radius 3 is 2.45 bits per heavy atom. The average molecular weight is 307 g/mol. The van der Waals surface area contributed by atoms with E-state index in [9.17, 15) is 5.11 Å². The monoisotopic (exact) mass is 307 g/mol. The maximum Gasteiger partial charge on any atom is 0.161 e. The third-order valence-corrected chi connectivity index (χ3v) is 5.36. The maximum atomic E-state index is 10.4. The maximum absolute atomic E-state index is 10.4. The molecule has 22 heavy (non-hydrogen) atoms. The predicted octanol–water partition coefficient (Wildman–Crippen LogP) is 2.87. The largest absolute Gasteiger partial charge is 0.493 e. The minimum atomic E-state index is -0.594. The number of aliphatic hydroxyl groups is 1. The number of ether oxygens (including phenoxy) is 2. The van der Waals surface area contributed by atoms with Crippen molar-refractivity contribution in [3.05, 3.63) is 23.8 Å². The van der Waals surface area contributed by atoms with E-state index in [4.69, 9.17) is 9.47 Å². The Balaban J connectivity index is 2.45. The minimum Gasteiger partial charge on any atom is -0.493 e. The Bertz CT molecular complexity index is 515. The first-order chi connectivity index (χ1) is 10.4. The van der Waals surface area contributed by atoms with E-state index in [1.807, 2.05) is 20.0 Å². The normalized spacial score (nSPS) is 31.8.